The summed E-state index contributed by atoms with van der Waals surface area (Å²) in [5.41, 5.74) is 0. The van der Waals surface area contributed by atoms with Crippen LogP contribution in [0.3, 0.4) is 0 Å². The summed E-state index contributed by atoms with van der Waals surface area (Å²) >= 11 is 0. The Morgan fingerprint density at radius 3 is 0.703 bits per heavy atom. The van der Waals surface area contributed by atoms with Crippen LogP contribution in [0.15, 0.2) is 0 Å². The topological polar surface area (TPSA) is 237 Å². The van der Waals surface area contributed by atoms with Gasteiger partial charge in [-0.25, -0.2) is 9.13 Å². The summed E-state index contributed by atoms with van der Waals surface area (Å²) in [7, 11) is -9.92. The molecule has 0 aromatic rings. The zero-order valence-electron chi connectivity index (χ0n) is 66.5. The van der Waals surface area contributed by atoms with Crippen molar-refractivity contribution in [1.82, 2.24) is 0 Å². The van der Waals surface area contributed by atoms with Crippen LogP contribution in [0.2, 0.25) is 0 Å². The van der Waals surface area contributed by atoms with Crippen LogP contribution < -0.4 is 0 Å². The SMILES string of the molecule is CCC(C)CCCCCCCCCCCCCCCCCCCCC(=O)O[C@H](COC(=O)CCCCCCCCCCCCCCCCC(C)CC)COP(=O)(O)OC[C@@H](O)COP(=O)(O)OC[C@@H](COC(=O)CCCCCCCCC(C)CC)OC(=O)CCCCCCCCCCC(C)C. The Hall–Kier alpha value is -1.94. The Balaban J connectivity index is 5.21. The lowest BCUT2D eigenvalue weighted by Crippen LogP contribution is -2.30. The Labute approximate surface area is 619 Å². The van der Waals surface area contributed by atoms with Crippen molar-refractivity contribution >= 4 is 39.5 Å². The van der Waals surface area contributed by atoms with Gasteiger partial charge >= 0.3 is 39.5 Å². The molecule has 3 N–H and O–H groups in total. The van der Waals surface area contributed by atoms with Crippen LogP contribution in [-0.2, 0) is 65.4 Å². The molecule has 101 heavy (non-hydrogen) atoms. The van der Waals surface area contributed by atoms with Crippen LogP contribution in [0.5, 0.6) is 0 Å². The third kappa shape index (κ3) is 72.1. The smallest absolute Gasteiger partial charge is 0.462 e. The van der Waals surface area contributed by atoms with Crippen molar-refractivity contribution in [2.24, 2.45) is 23.7 Å². The van der Waals surface area contributed by atoms with Gasteiger partial charge < -0.3 is 33.8 Å². The summed E-state index contributed by atoms with van der Waals surface area (Å²) in [5.74, 6) is 1.05. The van der Waals surface area contributed by atoms with E-state index in [-0.39, 0.29) is 25.7 Å². The van der Waals surface area contributed by atoms with Gasteiger partial charge in [0.15, 0.2) is 12.2 Å². The molecule has 5 unspecified atom stereocenters. The predicted molar refractivity (Wildman–Crippen MR) is 414 cm³/mol. The molecule has 8 atom stereocenters. The molecule has 0 saturated carbocycles. The van der Waals surface area contributed by atoms with Crippen LogP contribution in [0.4, 0.5) is 0 Å². The maximum Gasteiger partial charge on any atom is 0.472 e. The van der Waals surface area contributed by atoms with Crippen molar-refractivity contribution in [3.8, 4) is 0 Å². The van der Waals surface area contributed by atoms with Gasteiger partial charge in [0.2, 0.25) is 0 Å². The largest absolute Gasteiger partial charge is 0.472 e. The van der Waals surface area contributed by atoms with Gasteiger partial charge in [-0.1, -0.05) is 370 Å². The maximum absolute atomic E-state index is 13.1. The fraction of sp³-hybridized carbons (Fsp3) is 0.951. The maximum atomic E-state index is 13.1. The van der Waals surface area contributed by atoms with E-state index in [1.165, 1.54) is 218 Å². The molecule has 19 heteroatoms. The van der Waals surface area contributed by atoms with E-state index in [1.807, 2.05) is 0 Å². The Morgan fingerprint density at radius 1 is 0.277 bits per heavy atom. The molecule has 0 radical (unpaired) electrons. The van der Waals surface area contributed by atoms with E-state index in [0.717, 1.165) is 120 Å². The molecule has 0 aromatic carbocycles. The second-order valence-corrected chi connectivity index (χ2v) is 33.6. The number of aliphatic hydroxyl groups is 1. The van der Waals surface area contributed by atoms with Crippen molar-refractivity contribution in [2.75, 3.05) is 39.6 Å². The van der Waals surface area contributed by atoms with Gasteiger partial charge in [-0.3, -0.25) is 37.3 Å². The Kier molecular flexibility index (Phi) is 69.6. The number of esters is 4. The summed E-state index contributed by atoms with van der Waals surface area (Å²) in [4.78, 5) is 73.0. The predicted octanol–water partition coefficient (Wildman–Crippen LogP) is 24.4. The average molecular weight is 1480 g/mol. The third-order valence-corrected chi connectivity index (χ3v) is 22.1. The minimum atomic E-state index is -4.96. The van der Waals surface area contributed by atoms with E-state index in [4.69, 9.17) is 37.0 Å². The van der Waals surface area contributed by atoms with Crippen molar-refractivity contribution in [2.45, 2.75) is 440 Å². The number of ether oxygens (including phenoxy) is 4. The number of phosphoric ester groups is 2. The fourth-order valence-corrected chi connectivity index (χ4v) is 14.1. The van der Waals surface area contributed by atoms with E-state index in [2.05, 4.69) is 55.4 Å². The summed E-state index contributed by atoms with van der Waals surface area (Å²) in [6.07, 6.45) is 58.4. The number of hydrogen-bond donors (Lipinski definition) is 3. The highest BCUT2D eigenvalue weighted by Crippen LogP contribution is 2.45. The first-order valence-corrected chi connectivity index (χ1v) is 45.3. The van der Waals surface area contributed by atoms with E-state index >= 15 is 0 Å². The highest BCUT2D eigenvalue weighted by Gasteiger charge is 2.30. The molecule has 0 heterocycles. The van der Waals surface area contributed by atoms with Crippen molar-refractivity contribution in [3.05, 3.63) is 0 Å². The van der Waals surface area contributed by atoms with Crippen molar-refractivity contribution in [1.29, 1.82) is 0 Å². The van der Waals surface area contributed by atoms with Gasteiger partial charge in [0, 0.05) is 25.7 Å². The normalized spacial score (nSPS) is 14.8. The van der Waals surface area contributed by atoms with E-state index in [0.29, 0.717) is 25.7 Å². The third-order valence-electron chi connectivity index (χ3n) is 20.2. The van der Waals surface area contributed by atoms with Crippen molar-refractivity contribution in [3.63, 3.8) is 0 Å². The second kappa shape index (κ2) is 71.0. The molecule has 0 bridgehead atoms. The van der Waals surface area contributed by atoms with Crippen LogP contribution in [0, 0.1) is 23.7 Å². The first kappa shape index (κ1) is 99.1. The van der Waals surface area contributed by atoms with Gasteiger partial charge in [0.25, 0.3) is 0 Å². The van der Waals surface area contributed by atoms with Gasteiger partial charge in [-0.2, -0.15) is 0 Å². The average Bonchev–Trinajstić information content (AvgIpc) is 1.31. The van der Waals surface area contributed by atoms with E-state index in [1.54, 1.807) is 0 Å². The highest BCUT2D eigenvalue weighted by atomic mass is 31.2. The van der Waals surface area contributed by atoms with Crippen LogP contribution >= 0.6 is 15.6 Å². The highest BCUT2D eigenvalue weighted by molar-refractivity contribution is 7.47. The molecule has 600 valence electrons. The molecule has 0 spiro atoms. The number of aliphatic hydroxyl groups excluding tert-OH is 1. The number of carbonyl (C=O) groups excluding carboxylic acids is 4. The van der Waals surface area contributed by atoms with Crippen molar-refractivity contribution < 1.29 is 80.2 Å². The zero-order valence-corrected chi connectivity index (χ0v) is 68.3. The lowest BCUT2D eigenvalue weighted by molar-refractivity contribution is -0.161. The zero-order chi connectivity index (χ0) is 74.6. The molecule has 0 fully saturated rings. The summed E-state index contributed by atoms with van der Waals surface area (Å²) in [6, 6.07) is 0. The molecule has 0 saturated heterocycles. The minimum absolute atomic E-state index is 0.103. The standard InChI is InChI=1S/C82H160O17P2/c1-9-73(6)59-51-43-35-28-24-20-16-14-12-13-15-17-23-27-31-38-48-56-64-81(86)98-77(68-92-79(84)62-54-46-37-30-26-22-19-18-21-25-29-36-44-52-60-74(7)10-2)70-96-100(88,89)94-66-76(83)67-95-101(90,91)97-71-78(69-93-80(85)63-55-47-41-40-45-53-61-75(8)11-3)99-82(87)65-57-49-39-33-32-34-42-50-58-72(4)5/h72-78,83H,9-71H2,1-8H3,(H,88,89)(H,90,91)/t73?,74?,75?,76-,77-,78-/m1/s1. The number of hydrogen-bond acceptors (Lipinski definition) is 15. The minimum Gasteiger partial charge on any atom is -0.462 e. The monoisotopic (exact) mass is 1480 g/mol. The van der Waals surface area contributed by atoms with Gasteiger partial charge in [-0.15, -0.1) is 0 Å². The molecule has 0 aliphatic rings. The number of unbranched alkanes of at least 4 members (excludes halogenated alkanes) is 42. The fourth-order valence-electron chi connectivity index (χ4n) is 12.5. The molecular weight excluding hydrogens is 1320 g/mol. The molecular formula is C82H160O17P2. The molecule has 0 amide bonds. The summed E-state index contributed by atoms with van der Waals surface area (Å²) in [6.45, 7) is 14.3. The second-order valence-electron chi connectivity index (χ2n) is 30.7. The molecule has 0 aromatic heterocycles. The van der Waals surface area contributed by atoms with Crippen LogP contribution in [0.25, 0.3) is 0 Å². The molecule has 0 aliphatic carbocycles. The van der Waals surface area contributed by atoms with E-state index in [9.17, 15) is 43.2 Å². The van der Waals surface area contributed by atoms with E-state index < -0.39 is 97.5 Å². The van der Waals surface area contributed by atoms with Gasteiger partial charge in [0.1, 0.15) is 19.3 Å². The lowest BCUT2D eigenvalue weighted by Gasteiger charge is -2.21. The number of phosphoric acid groups is 2. The number of rotatable bonds is 79. The number of carbonyl (C=O) groups is 4. The summed E-state index contributed by atoms with van der Waals surface area (Å²) in [5, 5.41) is 10.6. The van der Waals surface area contributed by atoms with Gasteiger partial charge in [0.05, 0.1) is 26.4 Å². The quantitative estimate of drug-likeness (QED) is 0.0222. The van der Waals surface area contributed by atoms with Crippen LogP contribution in [-0.4, -0.2) is 96.7 Å². The molecule has 0 rings (SSSR count). The van der Waals surface area contributed by atoms with Crippen LogP contribution in [0.1, 0.15) is 421 Å². The van der Waals surface area contributed by atoms with Gasteiger partial charge in [-0.05, 0) is 49.4 Å². The Morgan fingerprint density at radius 2 is 0.475 bits per heavy atom. The summed E-state index contributed by atoms with van der Waals surface area (Å²) < 4.78 is 68.7. The lowest BCUT2D eigenvalue weighted by atomic mass is 9.99. The molecule has 17 nitrogen and oxygen atoms in total. The Bertz CT molecular complexity index is 1980. The first-order valence-electron chi connectivity index (χ1n) is 42.3. The molecule has 0 aliphatic heterocycles. The first-order chi connectivity index (χ1) is 48.7.